The molecule has 0 spiro atoms. The summed E-state index contributed by atoms with van der Waals surface area (Å²) >= 11 is 0. The van der Waals surface area contributed by atoms with Crippen molar-refractivity contribution in [2.45, 2.75) is 6.42 Å². The minimum absolute atomic E-state index is 0.0710. The second-order valence-electron chi connectivity index (χ2n) is 5.30. The zero-order valence-electron chi connectivity index (χ0n) is 12.5. The van der Waals surface area contributed by atoms with Crippen molar-refractivity contribution in [1.82, 2.24) is 4.57 Å². The number of benzene rings is 2. The Morgan fingerprint density at radius 2 is 1.67 bits per heavy atom. The molecule has 1 aromatic heterocycles. The van der Waals surface area contributed by atoms with E-state index in [9.17, 15) is 24.6 Å². The van der Waals surface area contributed by atoms with E-state index in [1.165, 1.54) is 18.2 Å². The highest BCUT2D eigenvalue weighted by atomic mass is 16.4. The molecule has 6 nitrogen and oxygen atoms in total. The predicted molar refractivity (Wildman–Crippen MR) is 87.6 cm³/mol. The highest BCUT2D eigenvalue weighted by molar-refractivity contribution is 5.97. The maximum Gasteiger partial charge on any atom is 0.341 e. The van der Waals surface area contributed by atoms with Crippen molar-refractivity contribution in [3.8, 4) is 5.75 Å². The third-order valence-corrected chi connectivity index (χ3v) is 3.68. The van der Waals surface area contributed by atoms with Gasteiger partial charge in [0.05, 0.1) is 11.9 Å². The third-order valence-electron chi connectivity index (χ3n) is 3.68. The largest absolute Gasteiger partial charge is 0.508 e. The molecule has 0 saturated carbocycles. The molecule has 0 amide bonds. The third kappa shape index (κ3) is 2.77. The SMILES string of the molecule is O=C(O)c1cc2ccccc2n(C(=O)Cc2ccc(O)cc2)c1=O. The average molecular weight is 323 g/mol. The van der Waals surface area contributed by atoms with Gasteiger partial charge in [-0.25, -0.2) is 9.36 Å². The molecule has 6 heteroatoms. The molecule has 0 atom stereocenters. The predicted octanol–water partition coefficient (Wildman–Crippen LogP) is 2.29. The zero-order valence-corrected chi connectivity index (χ0v) is 12.5. The second-order valence-corrected chi connectivity index (χ2v) is 5.30. The Bertz CT molecular complexity index is 1000. The van der Waals surface area contributed by atoms with Gasteiger partial charge < -0.3 is 10.2 Å². The number of carboxylic acids is 1. The number of aromatic nitrogens is 1. The van der Waals surface area contributed by atoms with E-state index in [0.29, 0.717) is 16.5 Å². The van der Waals surface area contributed by atoms with E-state index in [2.05, 4.69) is 0 Å². The van der Waals surface area contributed by atoms with Crippen molar-refractivity contribution in [2.24, 2.45) is 0 Å². The van der Waals surface area contributed by atoms with Crippen molar-refractivity contribution in [3.05, 3.63) is 76.1 Å². The number of hydrogen-bond acceptors (Lipinski definition) is 4. The Hall–Kier alpha value is -3.41. The lowest BCUT2D eigenvalue weighted by atomic mass is 10.1. The summed E-state index contributed by atoms with van der Waals surface area (Å²) in [5.74, 6) is -1.84. The van der Waals surface area contributed by atoms with Crippen molar-refractivity contribution in [2.75, 3.05) is 0 Å². The monoisotopic (exact) mass is 323 g/mol. The van der Waals surface area contributed by atoms with Crippen LogP contribution in [0.15, 0.2) is 59.4 Å². The van der Waals surface area contributed by atoms with Crippen LogP contribution in [0.3, 0.4) is 0 Å². The van der Waals surface area contributed by atoms with E-state index in [-0.39, 0.29) is 12.2 Å². The molecular weight excluding hydrogens is 310 g/mol. The quantitative estimate of drug-likeness (QED) is 0.771. The molecule has 2 N–H and O–H groups in total. The average Bonchev–Trinajstić information content (AvgIpc) is 2.56. The topological polar surface area (TPSA) is 96.6 Å². The lowest BCUT2D eigenvalue weighted by Gasteiger charge is -2.10. The number of rotatable bonds is 3. The summed E-state index contributed by atoms with van der Waals surface area (Å²) < 4.78 is 0.894. The second kappa shape index (κ2) is 6.00. The zero-order chi connectivity index (χ0) is 17.3. The fraction of sp³-hybridized carbons (Fsp3) is 0.0556. The highest BCUT2D eigenvalue weighted by Crippen LogP contribution is 2.15. The molecule has 3 rings (SSSR count). The van der Waals surface area contributed by atoms with Gasteiger partial charge in [0.1, 0.15) is 11.3 Å². The first-order chi connectivity index (χ1) is 11.5. The molecule has 0 aliphatic heterocycles. The number of carbonyl (C=O) groups is 2. The van der Waals surface area contributed by atoms with Crippen LogP contribution in [0, 0.1) is 0 Å². The number of hydrogen-bond donors (Lipinski definition) is 2. The number of nitrogens with zero attached hydrogens (tertiary/aromatic N) is 1. The minimum Gasteiger partial charge on any atom is -0.508 e. The standard InChI is InChI=1S/C18H13NO5/c20-13-7-5-11(6-8-13)9-16(21)19-15-4-2-1-3-12(15)10-14(17(19)22)18(23)24/h1-8,10,20H,9H2,(H,23,24). The number of para-hydroxylation sites is 1. The van der Waals surface area contributed by atoms with Gasteiger partial charge in [0.25, 0.3) is 5.56 Å². The molecule has 24 heavy (non-hydrogen) atoms. The summed E-state index contributed by atoms with van der Waals surface area (Å²) in [6.45, 7) is 0. The van der Waals surface area contributed by atoms with Crippen LogP contribution in [0.4, 0.5) is 0 Å². The molecule has 0 bridgehead atoms. The first kappa shape index (κ1) is 15.5. The van der Waals surface area contributed by atoms with E-state index in [1.807, 2.05) is 0 Å². The molecule has 0 aliphatic rings. The Kier molecular flexibility index (Phi) is 3.87. The molecular formula is C18H13NO5. The maximum absolute atomic E-state index is 12.6. The Labute approximate surface area is 136 Å². The Morgan fingerprint density at radius 1 is 1.00 bits per heavy atom. The summed E-state index contributed by atoms with van der Waals surface area (Å²) in [5.41, 5.74) is -0.344. The first-order valence-corrected chi connectivity index (χ1v) is 7.16. The number of fused-ring (bicyclic) bond motifs is 1. The van der Waals surface area contributed by atoms with Gasteiger partial charge in [0.15, 0.2) is 0 Å². The Balaban J connectivity index is 2.15. The number of carboxylic acid groups (broad SMARTS) is 1. The van der Waals surface area contributed by atoms with Crippen LogP contribution in [0.5, 0.6) is 5.75 Å². The van der Waals surface area contributed by atoms with Crippen molar-refractivity contribution >= 4 is 22.8 Å². The summed E-state index contributed by atoms with van der Waals surface area (Å²) in [7, 11) is 0. The molecule has 0 saturated heterocycles. The van der Waals surface area contributed by atoms with E-state index >= 15 is 0 Å². The highest BCUT2D eigenvalue weighted by Gasteiger charge is 2.19. The molecule has 2 aromatic carbocycles. The van der Waals surface area contributed by atoms with Crippen LogP contribution in [0.1, 0.15) is 20.7 Å². The molecule has 0 unspecified atom stereocenters. The van der Waals surface area contributed by atoms with Crippen LogP contribution >= 0.6 is 0 Å². The maximum atomic E-state index is 12.6. The number of phenols is 1. The molecule has 0 radical (unpaired) electrons. The minimum atomic E-state index is -1.38. The van der Waals surface area contributed by atoms with Crippen LogP contribution < -0.4 is 5.56 Å². The van der Waals surface area contributed by atoms with Gasteiger partial charge in [-0.3, -0.25) is 9.59 Å². The molecule has 120 valence electrons. The molecule has 0 aliphatic carbocycles. The number of aromatic carboxylic acids is 1. The fourth-order valence-electron chi connectivity index (χ4n) is 2.53. The van der Waals surface area contributed by atoms with E-state index < -0.39 is 23.0 Å². The van der Waals surface area contributed by atoms with Gasteiger partial charge in [-0.05, 0) is 35.2 Å². The Morgan fingerprint density at radius 3 is 2.33 bits per heavy atom. The number of pyridine rings is 1. The van der Waals surface area contributed by atoms with Crippen molar-refractivity contribution in [3.63, 3.8) is 0 Å². The summed E-state index contributed by atoms with van der Waals surface area (Å²) in [5, 5.41) is 19.0. The first-order valence-electron chi connectivity index (χ1n) is 7.16. The summed E-state index contributed by atoms with van der Waals surface area (Å²) in [6, 6.07) is 13.9. The van der Waals surface area contributed by atoms with Crippen LogP contribution in [-0.2, 0) is 6.42 Å². The fourth-order valence-corrected chi connectivity index (χ4v) is 2.53. The lowest BCUT2D eigenvalue weighted by Crippen LogP contribution is -2.32. The normalized spacial score (nSPS) is 10.7. The van der Waals surface area contributed by atoms with Crippen LogP contribution in [0.25, 0.3) is 10.9 Å². The molecule has 3 aromatic rings. The summed E-state index contributed by atoms with van der Waals surface area (Å²) in [4.78, 5) is 36.3. The number of aromatic hydroxyl groups is 1. The summed E-state index contributed by atoms with van der Waals surface area (Å²) in [6.07, 6.45) is -0.0900. The smallest absolute Gasteiger partial charge is 0.341 e. The molecule has 1 heterocycles. The van der Waals surface area contributed by atoms with Crippen molar-refractivity contribution in [1.29, 1.82) is 0 Å². The molecule has 0 fully saturated rings. The number of carbonyl (C=O) groups excluding carboxylic acids is 1. The van der Waals surface area contributed by atoms with E-state index in [1.54, 1.807) is 36.4 Å². The van der Waals surface area contributed by atoms with Gasteiger partial charge in [-0.2, -0.15) is 0 Å². The van der Waals surface area contributed by atoms with E-state index in [4.69, 9.17) is 0 Å². The van der Waals surface area contributed by atoms with Gasteiger partial charge in [-0.1, -0.05) is 30.3 Å². The van der Waals surface area contributed by atoms with E-state index in [0.717, 1.165) is 4.57 Å². The van der Waals surface area contributed by atoms with Crippen LogP contribution in [0.2, 0.25) is 0 Å². The van der Waals surface area contributed by atoms with Crippen LogP contribution in [-0.4, -0.2) is 26.7 Å². The van der Waals surface area contributed by atoms with Gasteiger partial charge >= 0.3 is 5.97 Å². The van der Waals surface area contributed by atoms with Gasteiger partial charge in [-0.15, -0.1) is 0 Å². The van der Waals surface area contributed by atoms with Gasteiger partial charge in [0.2, 0.25) is 5.91 Å². The number of phenolic OH excluding ortho intramolecular Hbond substituents is 1. The lowest BCUT2D eigenvalue weighted by molar-refractivity contribution is 0.0694. The van der Waals surface area contributed by atoms with Crippen molar-refractivity contribution < 1.29 is 19.8 Å². The van der Waals surface area contributed by atoms with Gasteiger partial charge in [0, 0.05) is 0 Å².